The molecular weight excluding hydrogens is 419 g/mol. The molecule has 2 aromatic heterocycles. The Bertz CT molecular complexity index is 963. The number of rotatable bonds is 7. The van der Waals surface area contributed by atoms with Crippen molar-refractivity contribution in [1.82, 2.24) is 24.7 Å². The second kappa shape index (κ2) is 9.55. The van der Waals surface area contributed by atoms with E-state index in [0.717, 1.165) is 6.20 Å². The topological polar surface area (TPSA) is 104 Å². The molecule has 1 saturated heterocycles. The van der Waals surface area contributed by atoms with Gasteiger partial charge in [0.2, 0.25) is 10.0 Å². The molecule has 1 N–H and O–H groups in total. The van der Waals surface area contributed by atoms with Crippen LogP contribution in [0.25, 0.3) is 0 Å². The SMILES string of the molecule is C[C@H]1CN(S(=O)(=O)CCc2cn[nH]n2)CC[C@H]1C=C(Cl)N=Cc1ccc(F)cn1. The quantitative estimate of drug-likeness (QED) is 0.525. The van der Waals surface area contributed by atoms with Gasteiger partial charge < -0.3 is 0 Å². The molecule has 1 fully saturated rings. The van der Waals surface area contributed by atoms with Crippen molar-refractivity contribution in [2.45, 2.75) is 19.8 Å². The molecule has 2 atom stereocenters. The smallest absolute Gasteiger partial charge is 0.214 e. The summed E-state index contributed by atoms with van der Waals surface area (Å²) >= 11 is 6.21. The number of H-pyrrole nitrogens is 1. The molecule has 1 aliphatic heterocycles. The zero-order valence-electron chi connectivity index (χ0n) is 15.9. The van der Waals surface area contributed by atoms with Gasteiger partial charge in [0.05, 0.1) is 35.7 Å². The predicted molar refractivity (Wildman–Crippen MR) is 108 cm³/mol. The van der Waals surface area contributed by atoms with Gasteiger partial charge in [-0.2, -0.15) is 15.4 Å². The van der Waals surface area contributed by atoms with E-state index in [4.69, 9.17) is 11.6 Å². The summed E-state index contributed by atoms with van der Waals surface area (Å²) in [4.78, 5) is 8.04. The molecule has 29 heavy (non-hydrogen) atoms. The van der Waals surface area contributed by atoms with E-state index in [-0.39, 0.29) is 17.6 Å². The second-order valence-corrected chi connectivity index (χ2v) is 9.44. The fraction of sp³-hybridized carbons (Fsp3) is 0.444. The number of nitrogens with zero attached hydrogens (tertiary/aromatic N) is 5. The molecule has 0 radical (unpaired) electrons. The number of aromatic nitrogens is 4. The number of sulfonamides is 1. The number of nitrogens with one attached hydrogen (secondary N) is 1. The van der Waals surface area contributed by atoms with Crippen LogP contribution in [0.2, 0.25) is 0 Å². The van der Waals surface area contributed by atoms with E-state index in [9.17, 15) is 12.8 Å². The summed E-state index contributed by atoms with van der Waals surface area (Å²) in [6.45, 7) is 2.85. The van der Waals surface area contributed by atoms with Crippen molar-refractivity contribution in [2.75, 3.05) is 18.8 Å². The summed E-state index contributed by atoms with van der Waals surface area (Å²) in [6, 6.07) is 2.81. The number of aryl methyl sites for hydroxylation is 1. The normalized spacial score (nSPS) is 21.7. The van der Waals surface area contributed by atoms with E-state index in [1.54, 1.807) is 0 Å². The fourth-order valence-corrected chi connectivity index (χ4v) is 4.93. The van der Waals surface area contributed by atoms with Crippen molar-refractivity contribution >= 4 is 27.8 Å². The summed E-state index contributed by atoms with van der Waals surface area (Å²) in [5, 5.41) is 10.4. The van der Waals surface area contributed by atoms with Crippen molar-refractivity contribution in [3.8, 4) is 0 Å². The number of aliphatic imine (C=N–C) groups is 1. The van der Waals surface area contributed by atoms with Crippen LogP contribution < -0.4 is 0 Å². The Morgan fingerprint density at radius 2 is 2.28 bits per heavy atom. The minimum atomic E-state index is -3.36. The number of halogens is 2. The van der Waals surface area contributed by atoms with E-state index in [0.29, 0.717) is 42.5 Å². The summed E-state index contributed by atoms with van der Waals surface area (Å²) < 4.78 is 39.6. The van der Waals surface area contributed by atoms with Crippen LogP contribution in [0.15, 0.2) is 40.8 Å². The average molecular weight is 441 g/mol. The van der Waals surface area contributed by atoms with Gasteiger partial charge in [-0.15, -0.1) is 0 Å². The summed E-state index contributed by atoms with van der Waals surface area (Å²) in [5.41, 5.74) is 1.12. The maximum Gasteiger partial charge on any atom is 0.214 e. The third kappa shape index (κ3) is 6.15. The van der Waals surface area contributed by atoms with Gasteiger partial charge in [-0.1, -0.05) is 18.5 Å². The molecule has 0 saturated carbocycles. The number of allylic oxidation sites excluding steroid dienone is 1. The van der Waals surface area contributed by atoms with Gasteiger partial charge in [0.15, 0.2) is 0 Å². The van der Waals surface area contributed by atoms with Crippen LogP contribution in [0.5, 0.6) is 0 Å². The van der Waals surface area contributed by atoms with Crippen LogP contribution in [-0.2, 0) is 16.4 Å². The van der Waals surface area contributed by atoms with E-state index < -0.39 is 15.8 Å². The summed E-state index contributed by atoms with van der Waals surface area (Å²) in [5.74, 6) is -0.204. The maximum atomic E-state index is 12.9. The van der Waals surface area contributed by atoms with Crippen LogP contribution in [-0.4, -0.2) is 58.2 Å². The first-order chi connectivity index (χ1) is 13.8. The molecule has 0 aliphatic carbocycles. The minimum Gasteiger partial charge on any atom is -0.252 e. The van der Waals surface area contributed by atoms with Crippen molar-refractivity contribution < 1.29 is 12.8 Å². The Morgan fingerprint density at radius 3 is 2.93 bits per heavy atom. The summed E-state index contributed by atoms with van der Waals surface area (Å²) in [6.07, 6.45) is 6.92. The number of aromatic amines is 1. The Morgan fingerprint density at radius 1 is 1.45 bits per heavy atom. The maximum absolute atomic E-state index is 12.9. The molecule has 11 heteroatoms. The van der Waals surface area contributed by atoms with Crippen LogP contribution in [0.3, 0.4) is 0 Å². The number of piperidine rings is 1. The monoisotopic (exact) mass is 440 g/mol. The van der Waals surface area contributed by atoms with Gasteiger partial charge in [0.1, 0.15) is 11.0 Å². The molecule has 0 unspecified atom stereocenters. The van der Waals surface area contributed by atoms with Crippen molar-refractivity contribution in [3.63, 3.8) is 0 Å². The number of hydrogen-bond donors (Lipinski definition) is 1. The van der Waals surface area contributed by atoms with E-state index in [1.807, 2.05) is 13.0 Å². The summed E-state index contributed by atoms with van der Waals surface area (Å²) in [7, 11) is -3.36. The Labute approximate surface area is 173 Å². The molecule has 156 valence electrons. The van der Waals surface area contributed by atoms with Gasteiger partial charge >= 0.3 is 0 Å². The Hall–Kier alpha value is -2.17. The molecule has 2 aromatic rings. The van der Waals surface area contributed by atoms with E-state index in [1.165, 1.54) is 28.8 Å². The highest BCUT2D eigenvalue weighted by Gasteiger charge is 2.31. The third-order valence-corrected chi connectivity index (χ3v) is 6.89. The number of pyridine rings is 1. The van der Waals surface area contributed by atoms with Gasteiger partial charge in [-0.3, -0.25) is 4.98 Å². The minimum absolute atomic E-state index is 0.00246. The molecule has 3 heterocycles. The Balaban J connectivity index is 1.56. The Kier molecular flexibility index (Phi) is 7.09. The molecule has 0 spiro atoms. The highest BCUT2D eigenvalue weighted by Crippen LogP contribution is 2.28. The van der Waals surface area contributed by atoms with Gasteiger partial charge in [-0.05, 0) is 36.5 Å². The van der Waals surface area contributed by atoms with Crippen LogP contribution in [0.1, 0.15) is 24.7 Å². The molecule has 1 aliphatic rings. The van der Waals surface area contributed by atoms with Gasteiger partial charge in [0, 0.05) is 19.5 Å². The lowest BCUT2D eigenvalue weighted by molar-refractivity contribution is 0.232. The van der Waals surface area contributed by atoms with E-state index in [2.05, 4.69) is 25.4 Å². The average Bonchev–Trinajstić information content (AvgIpc) is 3.21. The highest BCUT2D eigenvalue weighted by molar-refractivity contribution is 7.89. The van der Waals surface area contributed by atoms with Crippen LogP contribution in [0.4, 0.5) is 4.39 Å². The van der Waals surface area contributed by atoms with Crippen molar-refractivity contribution in [1.29, 1.82) is 0 Å². The van der Waals surface area contributed by atoms with Crippen LogP contribution in [0, 0.1) is 17.7 Å². The number of hydrogen-bond acceptors (Lipinski definition) is 6. The fourth-order valence-electron chi connectivity index (χ4n) is 3.15. The third-order valence-electron chi connectivity index (χ3n) is 4.83. The largest absolute Gasteiger partial charge is 0.252 e. The molecule has 3 rings (SSSR count). The highest BCUT2D eigenvalue weighted by atomic mass is 35.5. The van der Waals surface area contributed by atoms with Crippen LogP contribution >= 0.6 is 11.6 Å². The van der Waals surface area contributed by atoms with Crippen molar-refractivity contribution in [2.24, 2.45) is 16.8 Å². The van der Waals surface area contributed by atoms with Gasteiger partial charge in [0.25, 0.3) is 0 Å². The second-order valence-electron chi connectivity index (χ2n) is 6.96. The first kappa shape index (κ1) is 21.5. The molecule has 0 bridgehead atoms. The lowest BCUT2D eigenvalue weighted by atomic mass is 9.88. The lowest BCUT2D eigenvalue weighted by Crippen LogP contribution is -2.43. The first-order valence-electron chi connectivity index (χ1n) is 9.19. The molecular formula is C18H22ClFN6O2S. The predicted octanol–water partition coefficient (Wildman–Crippen LogP) is 2.37. The zero-order chi connectivity index (χ0) is 20.9. The van der Waals surface area contributed by atoms with Gasteiger partial charge in [-0.25, -0.2) is 22.1 Å². The standard InChI is InChI=1S/C18H22ClFN6O2S/c1-13-12-26(29(27,28)7-5-17-11-23-25-24-17)6-4-14(13)8-18(19)22-10-16-3-2-15(20)9-21-16/h2-3,8-11,13-14H,4-7,12H2,1H3,(H,23,24,25)/t13-,14-/m0/s1. The molecule has 0 aromatic carbocycles. The lowest BCUT2D eigenvalue weighted by Gasteiger charge is -2.34. The van der Waals surface area contributed by atoms with Crippen molar-refractivity contribution in [3.05, 3.63) is 53.0 Å². The molecule has 0 amide bonds. The van der Waals surface area contributed by atoms with E-state index >= 15 is 0 Å². The first-order valence-corrected chi connectivity index (χ1v) is 11.2. The zero-order valence-corrected chi connectivity index (χ0v) is 17.4. The molecule has 8 nitrogen and oxygen atoms in total.